The van der Waals surface area contributed by atoms with Crippen molar-refractivity contribution in [3.05, 3.63) is 29.8 Å². The van der Waals surface area contributed by atoms with E-state index in [4.69, 9.17) is 0 Å². The molecule has 0 aliphatic carbocycles. The van der Waals surface area contributed by atoms with Gasteiger partial charge in [-0.15, -0.1) is 4.72 Å². The fourth-order valence-corrected chi connectivity index (χ4v) is 1.97. The summed E-state index contributed by atoms with van der Waals surface area (Å²) in [4.78, 5) is 0.853. The molecule has 1 N–H and O–H groups in total. The third-order valence-corrected chi connectivity index (χ3v) is 3.17. The molecule has 2 nitrogen and oxygen atoms in total. The molecule has 0 fully saturated rings. The Morgan fingerprint density at radius 3 is 2.50 bits per heavy atom. The van der Waals surface area contributed by atoms with Gasteiger partial charge in [-0.2, -0.15) is 0 Å². The van der Waals surface area contributed by atoms with Crippen LogP contribution in [0.1, 0.15) is 25.3 Å². The number of rotatable bonds is 5. The maximum atomic E-state index is 11.6. The van der Waals surface area contributed by atoms with E-state index in [9.17, 15) is 4.55 Å². The summed E-state index contributed by atoms with van der Waals surface area (Å²) in [5.74, 6) is 0. The molecule has 0 spiro atoms. The van der Waals surface area contributed by atoms with Gasteiger partial charge in [0, 0.05) is 6.54 Å². The molecule has 1 atom stereocenters. The average molecular weight is 211 g/mol. The zero-order valence-electron chi connectivity index (χ0n) is 8.75. The van der Waals surface area contributed by atoms with E-state index in [2.05, 4.69) is 11.6 Å². The van der Waals surface area contributed by atoms with Gasteiger partial charge in [-0.05, 0) is 25.5 Å². The Kier molecular flexibility index (Phi) is 5.01. The normalized spacial score (nSPS) is 12.8. The molecule has 1 unspecified atom stereocenters. The Bertz CT molecular complexity index is 260. The van der Waals surface area contributed by atoms with Crippen LogP contribution in [0, 0.1) is 6.92 Å². The highest BCUT2D eigenvalue weighted by atomic mass is 32.2. The molecule has 0 aliphatic rings. The molecule has 0 bridgehead atoms. The second-order valence-corrected chi connectivity index (χ2v) is 4.63. The summed E-state index contributed by atoms with van der Waals surface area (Å²) < 4.78 is 14.6. The Morgan fingerprint density at radius 2 is 1.93 bits per heavy atom. The van der Waals surface area contributed by atoms with Crippen LogP contribution in [-0.4, -0.2) is 11.1 Å². The minimum absolute atomic E-state index is 0.816. The Hall–Kier alpha value is -0.510. The van der Waals surface area contributed by atoms with Crippen LogP contribution in [-0.2, 0) is 11.4 Å². The third kappa shape index (κ3) is 3.70. The van der Waals surface area contributed by atoms with E-state index in [0.29, 0.717) is 0 Å². The first-order chi connectivity index (χ1) is 6.74. The predicted molar refractivity (Wildman–Crippen MR) is 60.5 cm³/mol. The van der Waals surface area contributed by atoms with Gasteiger partial charge in [0.2, 0.25) is 0 Å². The van der Waals surface area contributed by atoms with E-state index in [1.54, 1.807) is 0 Å². The van der Waals surface area contributed by atoms with Crippen LogP contribution >= 0.6 is 0 Å². The Labute approximate surface area is 89.0 Å². The molecule has 78 valence electrons. The summed E-state index contributed by atoms with van der Waals surface area (Å²) in [6, 6.07) is 7.78. The lowest BCUT2D eigenvalue weighted by atomic mass is 10.2. The summed E-state index contributed by atoms with van der Waals surface area (Å²) in [7, 11) is 0. The van der Waals surface area contributed by atoms with Gasteiger partial charge >= 0.3 is 0 Å². The SMILES string of the molecule is CCCCN[S+]([O-])c1ccc(C)cc1. The van der Waals surface area contributed by atoms with Crippen LogP contribution in [0.4, 0.5) is 0 Å². The molecule has 14 heavy (non-hydrogen) atoms. The van der Waals surface area contributed by atoms with Crippen molar-refractivity contribution in [1.29, 1.82) is 0 Å². The van der Waals surface area contributed by atoms with Crippen molar-refractivity contribution in [2.24, 2.45) is 0 Å². The number of aryl methyl sites for hydroxylation is 1. The fraction of sp³-hybridized carbons (Fsp3) is 0.455. The zero-order valence-corrected chi connectivity index (χ0v) is 9.56. The Morgan fingerprint density at radius 1 is 1.29 bits per heavy atom. The van der Waals surface area contributed by atoms with Gasteiger partial charge in [0.05, 0.1) is 11.4 Å². The summed E-state index contributed by atoms with van der Waals surface area (Å²) in [6.45, 7) is 4.96. The second-order valence-electron chi connectivity index (χ2n) is 3.33. The van der Waals surface area contributed by atoms with E-state index in [1.165, 1.54) is 5.56 Å². The van der Waals surface area contributed by atoms with Gasteiger partial charge in [-0.25, -0.2) is 0 Å². The third-order valence-electron chi connectivity index (χ3n) is 2.00. The van der Waals surface area contributed by atoms with E-state index in [-0.39, 0.29) is 0 Å². The van der Waals surface area contributed by atoms with Crippen molar-refractivity contribution < 1.29 is 4.55 Å². The minimum atomic E-state index is -1.04. The molecule has 0 aromatic heterocycles. The van der Waals surface area contributed by atoms with Gasteiger partial charge in [0.1, 0.15) is 0 Å². The van der Waals surface area contributed by atoms with E-state index < -0.39 is 11.4 Å². The Balaban J connectivity index is 2.43. The molecule has 0 radical (unpaired) electrons. The number of hydrogen-bond acceptors (Lipinski definition) is 2. The first-order valence-corrected chi connectivity index (χ1v) is 6.11. The maximum absolute atomic E-state index is 11.6. The lowest BCUT2D eigenvalue weighted by Gasteiger charge is -2.09. The number of unbranched alkanes of at least 4 members (excludes halogenated alkanes) is 1. The average Bonchev–Trinajstić information content (AvgIpc) is 2.19. The molecule has 0 amide bonds. The zero-order chi connectivity index (χ0) is 10.4. The van der Waals surface area contributed by atoms with Gasteiger partial charge in [-0.3, -0.25) is 0 Å². The van der Waals surface area contributed by atoms with Gasteiger partial charge in [0.25, 0.3) is 0 Å². The van der Waals surface area contributed by atoms with E-state index in [1.807, 2.05) is 31.2 Å². The predicted octanol–water partition coefficient (Wildman–Crippen LogP) is 2.41. The molecule has 0 heterocycles. The molecule has 3 heteroatoms. The summed E-state index contributed by atoms with van der Waals surface area (Å²) in [5.41, 5.74) is 1.19. The van der Waals surface area contributed by atoms with Gasteiger partial charge in [-0.1, -0.05) is 31.0 Å². The van der Waals surface area contributed by atoms with Crippen LogP contribution in [0.3, 0.4) is 0 Å². The van der Waals surface area contributed by atoms with Crippen molar-refractivity contribution in [3.63, 3.8) is 0 Å². The summed E-state index contributed by atoms with van der Waals surface area (Å²) in [5, 5.41) is 0. The lowest BCUT2D eigenvalue weighted by Crippen LogP contribution is -2.24. The van der Waals surface area contributed by atoms with Crippen LogP contribution in [0.25, 0.3) is 0 Å². The highest BCUT2D eigenvalue weighted by Crippen LogP contribution is 2.09. The smallest absolute Gasteiger partial charge is 0.173 e. The molecule has 1 rings (SSSR count). The molecular weight excluding hydrogens is 194 g/mol. The van der Waals surface area contributed by atoms with Crippen molar-refractivity contribution in [2.45, 2.75) is 31.6 Å². The van der Waals surface area contributed by atoms with E-state index in [0.717, 1.165) is 24.3 Å². The monoisotopic (exact) mass is 211 g/mol. The largest absolute Gasteiger partial charge is 0.593 e. The molecule has 0 aliphatic heterocycles. The first kappa shape index (κ1) is 11.6. The molecule has 1 aromatic rings. The van der Waals surface area contributed by atoms with Crippen molar-refractivity contribution in [1.82, 2.24) is 4.72 Å². The highest BCUT2D eigenvalue weighted by molar-refractivity contribution is 7.89. The minimum Gasteiger partial charge on any atom is -0.593 e. The van der Waals surface area contributed by atoms with Crippen LogP contribution < -0.4 is 4.72 Å². The standard InChI is InChI=1S/C11H17NOS/c1-3-4-9-12-14(13)11-7-5-10(2)6-8-11/h5-8,12H,3-4,9H2,1-2H3. The highest BCUT2D eigenvalue weighted by Gasteiger charge is 2.08. The molecule has 1 aromatic carbocycles. The lowest BCUT2D eigenvalue weighted by molar-refractivity contribution is 0.577. The first-order valence-electron chi connectivity index (χ1n) is 4.96. The van der Waals surface area contributed by atoms with Crippen molar-refractivity contribution in [2.75, 3.05) is 6.54 Å². The number of nitrogens with one attached hydrogen (secondary N) is 1. The van der Waals surface area contributed by atoms with Crippen molar-refractivity contribution >= 4 is 11.4 Å². The van der Waals surface area contributed by atoms with Crippen LogP contribution in [0.2, 0.25) is 0 Å². The fourth-order valence-electron chi connectivity index (χ4n) is 1.09. The van der Waals surface area contributed by atoms with Crippen molar-refractivity contribution in [3.8, 4) is 0 Å². The maximum Gasteiger partial charge on any atom is 0.173 e. The quantitative estimate of drug-likeness (QED) is 0.599. The van der Waals surface area contributed by atoms with Crippen LogP contribution in [0.15, 0.2) is 29.2 Å². The summed E-state index contributed by atoms with van der Waals surface area (Å²) in [6.07, 6.45) is 2.19. The number of hydrogen-bond donors (Lipinski definition) is 1. The topological polar surface area (TPSA) is 35.1 Å². The van der Waals surface area contributed by atoms with E-state index >= 15 is 0 Å². The molecule has 0 saturated heterocycles. The van der Waals surface area contributed by atoms with Crippen LogP contribution in [0.5, 0.6) is 0 Å². The molecular formula is C11H17NOS. The van der Waals surface area contributed by atoms with Gasteiger partial charge in [0.15, 0.2) is 4.90 Å². The van der Waals surface area contributed by atoms with Gasteiger partial charge < -0.3 is 4.55 Å². The summed E-state index contributed by atoms with van der Waals surface area (Å²) >= 11 is -1.04. The number of benzene rings is 1. The molecule has 0 saturated carbocycles. The second kappa shape index (κ2) is 6.06.